The quantitative estimate of drug-likeness (QED) is 0.578. The molecule has 122 valence electrons. The second kappa shape index (κ2) is 7.20. The van der Waals surface area contributed by atoms with Gasteiger partial charge in [0.15, 0.2) is 0 Å². The summed E-state index contributed by atoms with van der Waals surface area (Å²) >= 11 is 0. The molecule has 1 aromatic heterocycles. The van der Waals surface area contributed by atoms with Gasteiger partial charge in [-0.15, -0.1) is 0 Å². The van der Waals surface area contributed by atoms with Gasteiger partial charge in [0.2, 0.25) is 0 Å². The maximum Gasteiger partial charge on any atom is 0.355 e. The minimum Gasteiger partial charge on any atom is -0.461 e. The van der Waals surface area contributed by atoms with Crippen LogP contribution in [-0.4, -0.2) is 48.3 Å². The first kappa shape index (κ1) is 16.9. The molecule has 0 fully saturated rings. The highest BCUT2D eigenvalue weighted by molar-refractivity contribution is 8.32. The van der Waals surface area contributed by atoms with Crippen molar-refractivity contribution >= 4 is 26.9 Å². The average molecular weight is 323 g/mol. The predicted octanol–water partition coefficient (Wildman–Crippen LogP) is 3.49. The smallest absolute Gasteiger partial charge is 0.355 e. The number of esters is 1. The van der Waals surface area contributed by atoms with Gasteiger partial charge >= 0.3 is 5.97 Å². The van der Waals surface area contributed by atoms with Crippen molar-refractivity contribution in [3.63, 3.8) is 0 Å². The van der Waals surface area contributed by atoms with Crippen LogP contribution >= 0.6 is 10.0 Å². The molecule has 2 aromatic rings. The first-order valence-electron chi connectivity index (χ1n) is 7.41. The fourth-order valence-electron chi connectivity index (χ4n) is 2.19. The monoisotopic (exact) mass is 323 g/mol. The van der Waals surface area contributed by atoms with Gasteiger partial charge in [-0.05, 0) is 37.8 Å². The minimum atomic E-state index is -0.569. The molecular weight excluding hydrogens is 298 g/mol. The molecule has 0 aliphatic heterocycles. The summed E-state index contributed by atoms with van der Waals surface area (Å²) in [4.78, 5) is 12.1. The number of hydrogen-bond acceptors (Lipinski definition) is 3. The molecule has 2 rings (SSSR count). The highest BCUT2D eigenvalue weighted by Crippen LogP contribution is 2.33. The summed E-state index contributed by atoms with van der Waals surface area (Å²) < 4.78 is 12.8. The zero-order valence-electron chi connectivity index (χ0n) is 13.8. The van der Waals surface area contributed by atoms with Crippen LogP contribution in [0.3, 0.4) is 0 Å². The Morgan fingerprint density at radius 2 is 1.95 bits per heavy atom. The molecule has 0 saturated heterocycles. The molecule has 4 nitrogen and oxygen atoms in total. The summed E-state index contributed by atoms with van der Waals surface area (Å²) in [7, 11) is -0.569. The zero-order chi connectivity index (χ0) is 16.2. The minimum absolute atomic E-state index is 0.302. The molecule has 22 heavy (non-hydrogen) atoms. The van der Waals surface area contributed by atoms with Crippen LogP contribution in [0.5, 0.6) is 0 Å². The summed E-state index contributed by atoms with van der Waals surface area (Å²) in [5, 5.41) is 1.02. The molecular formula is C17H25NO3S. The van der Waals surface area contributed by atoms with E-state index in [9.17, 15) is 4.79 Å². The van der Waals surface area contributed by atoms with Crippen molar-refractivity contribution in [3.05, 3.63) is 36.0 Å². The van der Waals surface area contributed by atoms with E-state index in [4.69, 9.17) is 9.47 Å². The summed E-state index contributed by atoms with van der Waals surface area (Å²) in [6.07, 6.45) is 6.81. The summed E-state index contributed by atoms with van der Waals surface area (Å²) in [5.74, 6) is 0.754. The molecule has 5 heteroatoms. The van der Waals surface area contributed by atoms with Gasteiger partial charge in [0, 0.05) is 11.1 Å². The number of para-hydroxylation sites is 1. The molecule has 0 unspecified atom stereocenters. The fraction of sp³-hybridized carbons (Fsp3) is 0.471. The van der Waals surface area contributed by atoms with Crippen LogP contribution in [0.15, 0.2) is 30.3 Å². The Morgan fingerprint density at radius 3 is 2.64 bits per heavy atom. The van der Waals surface area contributed by atoms with Gasteiger partial charge in [0.1, 0.15) is 12.4 Å². The maximum absolute atomic E-state index is 12.1. The Kier molecular flexibility index (Phi) is 5.53. The Balaban J connectivity index is 2.18. The molecule has 0 aliphatic rings. The van der Waals surface area contributed by atoms with E-state index in [1.165, 1.54) is 0 Å². The molecule has 0 aliphatic carbocycles. The number of rotatable bonds is 7. The molecule has 1 heterocycles. The van der Waals surface area contributed by atoms with Crippen LogP contribution in [0.4, 0.5) is 0 Å². The van der Waals surface area contributed by atoms with Crippen LogP contribution in [0.1, 0.15) is 17.4 Å². The van der Waals surface area contributed by atoms with Gasteiger partial charge in [0.05, 0.1) is 18.7 Å². The van der Waals surface area contributed by atoms with E-state index in [0.717, 1.165) is 16.7 Å². The van der Waals surface area contributed by atoms with Crippen LogP contribution in [0.2, 0.25) is 0 Å². The molecule has 0 amide bonds. The Labute approximate surface area is 133 Å². The van der Waals surface area contributed by atoms with E-state index in [2.05, 4.69) is 18.8 Å². The Hall–Kier alpha value is -1.46. The molecule has 0 saturated carbocycles. The number of aromatic nitrogens is 1. The number of carbonyl (C=O) groups excluding carboxylic acids is 1. The van der Waals surface area contributed by atoms with Gasteiger partial charge in [-0.1, -0.05) is 18.2 Å². The van der Waals surface area contributed by atoms with Crippen LogP contribution in [-0.2, 0) is 16.2 Å². The number of carbonyl (C=O) groups is 1. The third-order valence-corrected chi connectivity index (χ3v) is 4.75. The number of nitrogens with zero attached hydrogens (tertiary/aromatic N) is 1. The third kappa shape index (κ3) is 4.27. The lowest BCUT2D eigenvalue weighted by Gasteiger charge is -2.24. The van der Waals surface area contributed by atoms with Crippen molar-refractivity contribution in [1.82, 2.24) is 4.57 Å². The lowest BCUT2D eigenvalue weighted by molar-refractivity contribution is 0.0479. The fourth-order valence-corrected chi connectivity index (χ4v) is 2.81. The number of benzene rings is 1. The number of ether oxygens (including phenoxy) is 2. The third-order valence-electron chi connectivity index (χ3n) is 3.36. The van der Waals surface area contributed by atoms with E-state index >= 15 is 0 Å². The Morgan fingerprint density at radius 1 is 1.23 bits per heavy atom. The number of hydrogen-bond donors (Lipinski definition) is 0. The zero-order valence-corrected chi connectivity index (χ0v) is 14.6. The first-order chi connectivity index (χ1) is 10.4. The molecule has 0 radical (unpaired) electrons. The van der Waals surface area contributed by atoms with Crippen molar-refractivity contribution in [2.75, 3.05) is 37.7 Å². The van der Waals surface area contributed by atoms with Crippen LogP contribution in [0, 0.1) is 0 Å². The van der Waals surface area contributed by atoms with Crippen molar-refractivity contribution < 1.29 is 14.3 Å². The summed E-state index contributed by atoms with van der Waals surface area (Å²) in [6.45, 7) is 3.26. The highest BCUT2D eigenvalue weighted by atomic mass is 32.3. The SMILES string of the molecule is CCOC(=O)c1cc2ccccc2n1COCCS(C)(C)C. The lowest BCUT2D eigenvalue weighted by Crippen LogP contribution is -2.15. The normalized spacial score (nSPS) is 12.5. The van der Waals surface area contributed by atoms with Gasteiger partial charge < -0.3 is 14.0 Å². The van der Waals surface area contributed by atoms with Crippen molar-refractivity contribution in [2.45, 2.75) is 13.7 Å². The van der Waals surface area contributed by atoms with Crippen LogP contribution < -0.4 is 0 Å². The largest absolute Gasteiger partial charge is 0.461 e. The van der Waals surface area contributed by atoms with Gasteiger partial charge in [-0.25, -0.2) is 14.8 Å². The molecule has 0 spiro atoms. The van der Waals surface area contributed by atoms with E-state index in [1.807, 2.05) is 41.8 Å². The standard InChI is InChI=1S/C17H25NO3S/c1-5-21-17(19)16-12-14-8-6-7-9-15(14)18(16)13-20-10-11-22(2,3)4/h6-9,12H,5,10-11,13H2,1-4H3. The summed E-state index contributed by atoms with van der Waals surface area (Å²) in [5.41, 5.74) is 1.54. The molecule has 0 atom stereocenters. The van der Waals surface area contributed by atoms with Gasteiger partial charge in [0.25, 0.3) is 0 Å². The Bertz CT molecular complexity index is 643. The van der Waals surface area contributed by atoms with E-state index in [-0.39, 0.29) is 5.97 Å². The van der Waals surface area contributed by atoms with E-state index < -0.39 is 10.0 Å². The second-order valence-electron chi connectivity index (χ2n) is 6.07. The molecule has 1 aromatic carbocycles. The van der Waals surface area contributed by atoms with E-state index in [0.29, 0.717) is 25.6 Å². The first-order valence-corrected chi connectivity index (χ1v) is 10.4. The summed E-state index contributed by atoms with van der Waals surface area (Å²) in [6, 6.07) is 9.79. The van der Waals surface area contributed by atoms with Gasteiger partial charge in [-0.2, -0.15) is 0 Å². The topological polar surface area (TPSA) is 40.5 Å². The predicted molar refractivity (Wildman–Crippen MR) is 94.1 cm³/mol. The number of fused-ring (bicyclic) bond motifs is 1. The highest BCUT2D eigenvalue weighted by Gasteiger charge is 2.16. The molecule has 0 N–H and O–H groups in total. The van der Waals surface area contributed by atoms with Gasteiger partial charge in [-0.3, -0.25) is 0 Å². The average Bonchev–Trinajstić information content (AvgIpc) is 2.82. The maximum atomic E-state index is 12.1. The molecule has 0 bridgehead atoms. The second-order valence-corrected chi connectivity index (χ2v) is 10.7. The van der Waals surface area contributed by atoms with Crippen molar-refractivity contribution in [3.8, 4) is 0 Å². The van der Waals surface area contributed by atoms with Crippen molar-refractivity contribution in [1.29, 1.82) is 0 Å². The van der Waals surface area contributed by atoms with E-state index in [1.54, 1.807) is 0 Å². The lowest BCUT2D eigenvalue weighted by atomic mass is 10.2. The van der Waals surface area contributed by atoms with Crippen molar-refractivity contribution in [2.24, 2.45) is 0 Å². The van der Waals surface area contributed by atoms with Crippen LogP contribution in [0.25, 0.3) is 10.9 Å².